The first-order valence-corrected chi connectivity index (χ1v) is 6.75. The highest BCUT2D eigenvalue weighted by atomic mass is 16.5. The number of rotatable bonds is 11. The van der Waals surface area contributed by atoms with Gasteiger partial charge in [0.25, 0.3) is 0 Å². The van der Waals surface area contributed by atoms with Crippen molar-refractivity contribution in [3.63, 3.8) is 0 Å². The number of nitrogens with one attached hydrogen (secondary N) is 1. The Morgan fingerprint density at radius 3 is 2.21 bits per heavy atom. The number of hydrogen-bond acceptors (Lipinski definition) is 6. The number of hydrogen-bond donors (Lipinski definition) is 1. The third-order valence-electron chi connectivity index (χ3n) is 3.16. The largest absolute Gasteiger partial charge is 0.468 e. The molecule has 0 saturated heterocycles. The van der Waals surface area contributed by atoms with Crippen molar-refractivity contribution in [3.8, 4) is 0 Å². The summed E-state index contributed by atoms with van der Waals surface area (Å²) in [5.41, 5.74) is 0. The van der Waals surface area contributed by atoms with Gasteiger partial charge in [-0.2, -0.15) is 0 Å². The summed E-state index contributed by atoms with van der Waals surface area (Å²) in [6.07, 6.45) is 2.28. The molecule has 0 aromatic heterocycles. The second-order valence-electron chi connectivity index (χ2n) is 4.80. The zero-order chi connectivity index (χ0) is 14.1. The number of methoxy groups -OCH3 is 3. The maximum absolute atomic E-state index is 11.8. The van der Waals surface area contributed by atoms with Gasteiger partial charge in [0, 0.05) is 39.9 Å². The number of carbonyl (C=O) groups excluding carboxylic acids is 1. The van der Waals surface area contributed by atoms with E-state index in [1.807, 2.05) is 0 Å². The Balaban J connectivity index is 2.45. The highest BCUT2D eigenvalue weighted by molar-refractivity contribution is 5.76. The molecule has 6 nitrogen and oxygen atoms in total. The Hall–Kier alpha value is -0.690. The summed E-state index contributed by atoms with van der Waals surface area (Å²) in [6, 6.07) is 0.196. The quantitative estimate of drug-likeness (QED) is 0.530. The van der Waals surface area contributed by atoms with Crippen LogP contribution in [0.4, 0.5) is 0 Å². The molecule has 1 aliphatic carbocycles. The molecule has 1 fully saturated rings. The van der Waals surface area contributed by atoms with Crippen LogP contribution in [0.3, 0.4) is 0 Å². The average Bonchev–Trinajstić information content (AvgIpc) is 3.23. The Kier molecular flexibility index (Phi) is 7.97. The topological polar surface area (TPSA) is 60.0 Å². The molecule has 0 spiro atoms. The van der Waals surface area contributed by atoms with Crippen LogP contribution in [-0.2, 0) is 19.0 Å². The zero-order valence-electron chi connectivity index (χ0n) is 12.2. The van der Waals surface area contributed by atoms with Gasteiger partial charge in [-0.15, -0.1) is 0 Å². The van der Waals surface area contributed by atoms with Crippen LogP contribution in [0.2, 0.25) is 0 Å². The maximum atomic E-state index is 11.8. The van der Waals surface area contributed by atoms with E-state index in [2.05, 4.69) is 10.2 Å². The summed E-state index contributed by atoms with van der Waals surface area (Å²) in [7, 11) is 4.78. The molecular formula is C13H26N2O4. The predicted octanol–water partition coefficient (Wildman–Crippen LogP) is -0.125. The van der Waals surface area contributed by atoms with Crippen molar-refractivity contribution < 1.29 is 19.0 Å². The van der Waals surface area contributed by atoms with E-state index in [9.17, 15) is 4.79 Å². The van der Waals surface area contributed by atoms with Gasteiger partial charge in [0.05, 0.1) is 20.3 Å². The molecule has 0 bridgehead atoms. The highest BCUT2D eigenvalue weighted by Gasteiger charge is 2.30. The number of esters is 1. The smallest absolute Gasteiger partial charge is 0.324 e. The minimum Gasteiger partial charge on any atom is -0.468 e. The van der Waals surface area contributed by atoms with Crippen molar-refractivity contribution in [1.29, 1.82) is 0 Å². The monoisotopic (exact) mass is 274 g/mol. The molecule has 1 atom stereocenters. The van der Waals surface area contributed by atoms with Gasteiger partial charge in [-0.1, -0.05) is 0 Å². The molecule has 6 heteroatoms. The third-order valence-corrected chi connectivity index (χ3v) is 3.16. The van der Waals surface area contributed by atoms with Crippen LogP contribution in [0.25, 0.3) is 0 Å². The van der Waals surface area contributed by atoms with Crippen LogP contribution >= 0.6 is 0 Å². The Labute approximate surface area is 115 Å². The lowest BCUT2D eigenvalue weighted by atomic mass is 10.2. The molecule has 112 valence electrons. The molecule has 0 aromatic carbocycles. The molecule has 1 unspecified atom stereocenters. The van der Waals surface area contributed by atoms with E-state index in [4.69, 9.17) is 14.2 Å². The fourth-order valence-corrected chi connectivity index (χ4v) is 1.87. The van der Waals surface area contributed by atoms with Crippen molar-refractivity contribution in [1.82, 2.24) is 10.2 Å². The van der Waals surface area contributed by atoms with Crippen molar-refractivity contribution >= 4 is 5.97 Å². The Morgan fingerprint density at radius 2 is 1.79 bits per heavy atom. The normalized spacial score (nSPS) is 16.6. The minimum absolute atomic E-state index is 0.202. The van der Waals surface area contributed by atoms with Crippen LogP contribution in [-0.4, -0.2) is 77.1 Å². The van der Waals surface area contributed by atoms with Crippen LogP contribution < -0.4 is 5.32 Å². The lowest BCUT2D eigenvalue weighted by molar-refractivity contribution is -0.143. The van der Waals surface area contributed by atoms with Gasteiger partial charge in [-0.3, -0.25) is 9.69 Å². The zero-order valence-corrected chi connectivity index (χ0v) is 12.2. The van der Waals surface area contributed by atoms with Gasteiger partial charge in [-0.05, 0) is 12.8 Å². The summed E-state index contributed by atoms with van der Waals surface area (Å²) in [5.74, 6) is -0.202. The molecule has 1 rings (SSSR count). The minimum atomic E-state index is -0.272. The van der Waals surface area contributed by atoms with E-state index >= 15 is 0 Å². The molecule has 0 radical (unpaired) electrons. The SMILES string of the molecule is COCCN(CCOC)CC(NC1CC1)C(=O)OC. The molecule has 0 aliphatic heterocycles. The fourth-order valence-electron chi connectivity index (χ4n) is 1.87. The first-order chi connectivity index (χ1) is 9.21. The molecule has 1 N–H and O–H groups in total. The highest BCUT2D eigenvalue weighted by Crippen LogP contribution is 2.19. The molecule has 19 heavy (non-hydrogen) atoms. The third kappa shape index (κ3) is 6.87. The summed E-state index contributed by atoms with van der Waals surface area (Å²) in [4.78, 5) is 13.9. The first-order valence-electron chi connectivity index (χ1n) is 6.75. The predicted molar refractivity (Wildman–Crippen MR) is 72.2 cm³/mol. The first kappa shape index (κ1) is 16.4. The summed E-state index contributed by atoms with van der Waals surface area (Å²) in [5, 5.41) is 3.33. The second-order valence-corrected chi connectivity index (χ2v) is 4.80. The fraction of sp³-hybridized carbons (Fsp3) is 0.923. The van der Waals surface area contributed by atoms with Gasteiger partial charge in [-0.25, -0.2) is 0 Å². The Morgan fingerprint density at radius 1 is 1.21 bits per heavy atom. The van der Waals surface area contributed by atoms with Gasteiger partial charge in [0.1, 0.15) is 6.04 Å². The van der Waals surface area contributed by atoms with Crippen LogP contribution in [0.15, 0.2) is 0 Å². The van der Waals surface area contributed by atoms with Crippen LogP contribution in [0.1, 0.15) is 12.8 Å². The van der Waals surface area contributed by atoms with Crippen LogP contribution in [0.5, 0.6) is 0 Å². The Bertz CT molecular complexity index is 251. The van der Waals surface area contributed by atoms with E-state index in [0.29, 0.717) is 25.8 Å². The van der Waals surface area contributed by atoms with Crippen LogP contribution in [0, 0.1) is 0 Å². The van der Waals surface area contributed by atoms with Gasteiger partial charge in [0.15, 0.2) is 0 Å². The van der Waals surface area contributed by atoms with Crippen molar-refractivity contribution in [2.45, 2.75) is 24.9 Å². The second kappa shape index (κ2) is 9.25. The maximum Gasteiger partial charge on any atom is 0.324 e. The molecule has 0 amide bonds. The number of nitrogens with zero attached hydrogens (tertiary/aromatic N) is 1. The van der Waals surface area contributed by atoms with E-state index in [1.54, 1.807) is 14.2 Å². The van der Waals surface area contributed by atoms with E-state index in [0.717, 1.165) is 25.9 Å². The molecule has 0 heterocycles. The molecular weight excluding hydrogens is 248 g/mol. The average molecular weight is 274 g/mol. The van der Waals surface area contributed by atoms with E-state index in [-0.39, 0.29) is 12.0 Å². The summed E-state index contributed by atoms with van der Waals surface area (Å²) < 4.78 is 15.1. The van der Waals surface area contributed by atoms with Gasteiger partial charge >= 0.3 is 5.97 Å². The van der Waals surface area contributed by atoms with Crippen molar-refractivity contribution in [3.05, 3.63) is 0 Å². The molecule has 1 saturated carbocycles. The lowest BCUT2D eigenvalue weighted by Gasteiger charge is -2.26. The lowest BCUT2D eigenvalue weighted by Crippen LogP contribution is -2.49. The van der Waals surface area contributed by atoms with Crippen molar-refractivity contribution in [2.75, 3.05) is 54.2 Å². The summed E-state index contributed by atoms with van der Waals surface area (Å²) >= 11 is 0. The van der Waals surface area contributed by atoms with E-state index < -0.39 is 0 Å². The summed E-state index contributed by atoms with van der Waals surface area (Å²) in [6.45, 7) is 3.46. The standard InChI is InChI=1S/C13H26N2O4/c1-17-8-6-15(7-9-18-2)10-12(13(16)19-3)14-11-4-5-11/h11-12,14H,4-10H2,1-3H3. The van der Waals surface area contributed by atoms with Gasteiger partial charge in [0.2, 0.25) is 0 Å². The molecule has 1 aliphatic rings. The number of carbonyl (C=O) groups is 1. The van der Waals surface area contributed by atoms with E-state index in [1.165, 1.54) is 7.11 Å². The molecule has 0 aromatic rings. The van der Waals surface area contributed by atoms with Gasteiger partial charge < -0.3 is 19.5 Å². The number of ether oxygens (including phenoxy) is 3. The van der Waals surface area contributed by atoms with Crippen molar-refractivity contribution in [2.24, 2.45) is 0 Å².